The molecule has 0 bridgehead atoms. The van der Waals surface area contributed by atoms with Crippen LogP contribution in [0.15, 0.2) is 29.6 Å². The lowest BCUT2D eigenvalue weighted by molar-refractivity contribution is 0.103. The van der Waals surface area contributed by atoms with Gasteiger partial charge >= 0.3 is 0 Å². The third-order valence-corrected chi connectivity index (χ3v) is 3.69. The predicted octanol–water partition coefficient (Wildman–Crippen LogP) is 3.14. The fraction of sp³-hybridized carbons (Fsp3) is 0.0714. The second-order valence-electron chi connectivity index (χ2n) is 3.71. The van der Waals surface area contributed by atoms with E-state index in [4.69, 9.17) is 16.7 Å². The van der Waals surface area contributed by atoms with E-state index in [1.807, 2.05) is 0 Å². The lowest BCUT2D eigenvalue weighted by Gasteiger charge is -2.05. The number of aliphatic hydroxyl groups is 1. The number of hydrogen-bond donors (Lipinski definition) is 2. The summed E-state index contributed by atoms with van der Waals surface area (Å²) in [5.74, 6) is 3.95. The summed E-state index contributed by atoms with van der Waals surface area (Å²) < 4.78 is 13.5. The van der Waals surface area contributed by atoms with E-state index < -0.39 is 5.82 Å². The van der Waals surface area contributed by atoms with Crippen LogP contribution in [0.4, 0.5) is 10.1 Å². The largest absolute Gasteiger partial charge is 0.384 e. The van der Waals surface area contributed by atoms with Gasteiger partial charge in [0.2, 0.25) is 0 Å². The standard InChI is InChI=1S/C14H9ClFNO2S/c15-11-5-7-20-13(11)14(19)17-10-3-4-12(16)9(8-10)2-1-6-18/h3-5,7-8,18H,6H2,(H,17,19). The Morgan fingerprint density at radius 2 is 2.25 bits per heavy atom. The van der Waals surface area contributed by atoms with Crippen LogP contribution in [0.3, 0.4) is 0 Å². The number of thiophene rings is 1. The lowest BCUT2D eigenvalue weighted by atomic mass is 10.2. The van der Waals surface area contributed by atoms with Gasteiger partial charge in [-0.05, 0) is 29.6 Å². The Morgan fingerprint density at radius 1 is 1.45 bits per heavy atom. The highest BCUT2D eigenvalue weighted by molar-refractivity contribution is 7.12. The molecule has 0 saturated heterocycles. The summed E-state index contributed by atoms with van der Waals surface area (Å²) in [6, 6.07) is 5.66. The number of benzene rings is 1. The molecular weight excluding hydrogens is 301 g/mol. The average Bonchev–Trinajstić information content (AvgIpc) is 2.85. The van der Waals surface area contributed by atoms with Crippen LogP contribution in [0, 0.1) is 17.7 Å². The first-order valence-electron chi connectivity index (χ1n) is 5.55. The summed E-state index contributed by atoms with van der Waals surface area (Å²) in [7, 11) is 0. The summed E-state index contributed by atoms with van der Waals surface area (Å²) in [6.07, 6.45) is 0. The fourth-order valence-corrected chi connectivity index (χ4v) is 2.51. The molecule has 1 heterocycles. The fourth-order valence-electron chi connectivity index (χ4n) is 1.48. The number of aliphatic hydroxyl groups excluding tert-OH is 1. The molecule has 1 aromatic carbocycles. The van der Waals surface area contributed by atoms with Crippen LogP contribution in [0.2, 0.25) is 5.02 Å². The second-order valence-corrected chi connectivity index (χ2v) is 5.03. The number of anilines is 1. The molecule has 20 heavy (non-hydrogen) atoms. The molecule has 0 atom stereocenters. The molecule has 0 spiro atoms. The lowest BCUT2D eigenvalue weighted by Crippen LogP contribution is -2.10. The van der Waals surface area contributed by atoms with Crippen LogP contribution in [-0.2, 0) is 0 Å². The monoisotopic (exact) mass is 309 g/mol. The van der Waals surface area contributed by atoms with Gasteiger partial charge in [-0.3, -0.25) is 4.79 Å². The summed E-state index contributed by atoms with van der Waals surface area (Å²) in [4.78, 5) is 12.3. The Balaban J connectivity index is 2.22. The van der Waals surface area contributed by atoms with Crippen molar-refractivity contribution >= 4 is 34.5 Å². The maximum atomic E-state index is 13.5. The van der Waals surface area contributed by atoms with Crippen molar-refractivity contribution < 1.29 is 14.3 Å². The zero-order chi connectivity index (χ0) is 14.5. The SMILES string of the molecule is O=C(Nc1ccc(F)c(C#CCO)c1)c1sccc1Cl. The maximum Gasteiger partial charge on any atom is 0.267 e. The maximum absolute atomic E-state index is 13.5. The van der Waals surface area contributed by atoms with Crippen molar-refractivity contribution in [3.8, 4) is 11.8 Å². The first-order valence-corrected chi connectivity index (χ1v) is 6.81. The highest BCUT2D eigenvalue weighted by atomic mass is 35.5. The van der Waals surface area contributed by atoms with Crippen molar-refractivity contribution in [3.05, 3.63) is 50.9 Å². The Kier molecular flexibility index (Phi) is 4.74. The highest BCUT2D eigenvalue weighted by Crippen LogP contribution is 2.23. The van der Waals surface area contributed by atoms with Crippen molar-refractivity contribution in [3.63, 3.8) is 0 Å². The van der Waals surface area contributed by atoms with Crippen molar-refractivity contribution in [2.75, 3.05) is 11.9 Å². The number of nitrogens with one attached hydrogen (secondary N) is 1. The molecule has 0 aliphatic carbocycles. The van der Waals surface area contributed by atoms with Gasteiger partial charge in [0.1, 0.15) is 17.3 Å². The minimum absolute atomic E-state index is 0.106. The second kappa shape index (κ2) is 6.53. The van der Waals surface area contributed by atoms with E-state index in [1.54, 1.807) is 11.4 Å². The van der Waals surface area contributed by atoms with Crippen molar-refractivity contribution in [2.24, 2.45) is 0 Å². The van der Waals surface area contributed by atoms with Gasteiger partial charge < -0.3 is 10.4 Å². The Labute approximate surface area is 124 Å². The van der Waals surface area contributed by atoms with Crippen LogP contribution in [0.1, 0.15) is 15.2 Å². The number of hydrogen-bond acceptors (Lipinski definition) is 3. The molecule has 0 aliphatic rings. The molecule has 2 N–H and O–H groups in total. The molecule has 0 saturated carbocycles. The molecule has 0 aliphatic heterocycles. The van der Waals surface area contributed by atoms with Gasteiger partial charge in [0.25, 0.3) is 5.91 Å². The molecule has 2 aromatic rings. The Morgan fingerprint density at radius 3 is 2.90 bits per heavy atom. The molecule has 0 unspecified atom stereocenters. The van der Waals surface area contributed by atoms with Crippen LogP contribution in [0.5, 0.6) is 0 Å². The summed E-state index contributed by atoms with van der Waals surface area (Å²) in [6.45, 7) is -0.360. The van der Waals surface area contributed by atoms with Crippen molar-refractivity contribution in [1.82, 2.24) is 0 Å². The van der Waals surface area contributed by atoms with E-state index >= 15 is 0 Å². The van der Waals surface area contributed by atoms with Gasteiger partial charge in [-0.15, -0.1) is 11.3 Å². The van der Waals surface area contributed by atoms with Crippen molar-refractivity contribution in [1.29, 1.82) is 0 Å². The van der Waals surface area contributed by atoms with Gasteiger partial charge in [0, 0.05) is 5.69 Å². The number of halogens is 2. The highest BCUT2D eigenvalue weighted by Gasteiger charge is 2.12. The molecule has 2 rings (SSSR count). The van der Waals surface area contributed by atoms with E-state index in [2.05, 4.69) is 17.2 Å². The summed E-state index contributed by atoms with van der Waals surface area (Å²) >= 11 is 7.08. The molecule has 1 aromatic heterocycles. The van der Waals surface area contributed by atoms with E-state index in [1.165, 1.54) is 29.5 Å². The van der Waals surface area contributed by atoms with Gasteiger partial charge in [-0.2, -0.15) is 0 Å². The quantitative estimate of drug-likeness (QED) is 0.837. The number of amides is 1. The van der Waals surface area contributed by atoms with E-state index in [9.17, 15) is 9.18 Å². The first kappa shape index (κ1) is 14.5. The smallest absolute Gasteiger partial charge is 0.267 e. The Hall–Kier alpha value is -1.87. The van der Waals surface area contributed by atoms with Gasteiger partial charge in [0.15, 0.2) is 0 Å². The summed E-state index contributed by atoms with van der Waals surface area (Å²) in [5, 5.41) is 13.3. The molecule has 3 nitrogen and oxygen atoms in total. The number of carbonyl (C=O) groups excluding carboxylic acids is 1. The normalized spacial score (nSPS) is 9.75. The van der Waals surface area contributed by atoms with E-state index in [0.717, 1.165) is 0 Å². The first-order chi connectivity index (χ1) is 9.61. The summed E-state index contributed by atoms with van der Waals surface area (Å²) in [5.41, 5.74) is 0.511. The zero-order valence-electron chi connectivity index (χ0n) is 10.1. The molecule has 6 heteroatoms. The number of carbonyl (C=O) groups is 1. The van der Waals surface area contributed by atoms with Gasteiger partial charge in [-0.25, -0.2) is 4.39 Å². The van der Waals surface area contributed by atoms with Crippen molar-refractivity contribution in [2.45, 2.75) is 0 Å². The van der Waals surface area contributed by atoms with Crippen LogP contribution in [0.25, 0.3) is 0 Å². The Bertz CT molecular complexity index is 703. The molecule has 1 amide bonds. The zero-order valence-corrected chi connectivity index (χ0v) is 11.7. The minimum atomic E-state index is -0.516. The topological polar surface area (TPSA) is 49.3 Å². The molecular formula is C14H9ClFNO2S. The predicted molar refractivity (Wildman–Crippen MR) is 77.6 cm³/mol. The average molecular weight is 310 g/mol. The van der Waals surface area contributed by atoms with Crippen LogP contribution in [-0.4, -0.2) is 17.6 Å². The van der Waals surface area contributed by atoms with Crippen LogP contribution < -0.4 is 5.32 Å². The van der Waals surface area contributed by atoms with Gasteiger partial charge in [0.05, 0.1) is 10.6 Å². The molecule has 0 radical (unpaired) electrons. The van der Waals surface area contributed by atoms with Crippen LogP contribution >= 0.6 is 22.9 Å². The third kappa shape index (κ3) is 3.36. The van der Waals surface area contributed by atoms with E-state index in [0.29, 0.717) is 15.6 Å². The minimum Gasteiger partial charge on any atom is -0.384 e. The van der Waals surface area contributed by atoms with Gasteiger partial charge in [-0.1, -0.05) is 23.4 Å². The third-order valence-electron chi connectivity index (χ3n) is 2.35. The molecule has 102 valence electrons. The van der Waals surface area contributed by atoms with E-state index in [-0.39, 0.29) is 18.1 Å². The molecule has 0 fully saturated rings. The number of rotatable bonds is 2.